The molecule has 0 N–H and O–H groups in total. The first-order chi connectivity index (χ1) is 15.1. The summed E-state index contributed by atoms with van der Waals surface area (Å²) in [4.78, 5) is 12.8. The molecule has 9 heteroatoms. The molecule has 0 saturated heterocycles. The van der Waals surface area contributed by atoms with E-state index in [9.17, 15) is 17.8 Å². The monoisotopic (exact) mass is 789 g/mol. The van der Waals surface area contributed by atoms with Crippen LogP contribution in [0.4, 0.5) is 0 Å². The summed E-state index contributed by atoms with van der Waals surface area (Å²) in [6, 6.07) is 8.08. The van der Waals surface area contributed by atoms with E-state index in [0.717, 1.165) is 48.2 Å². The Labute approximate surface area is 228 Å². The smallest absolute Gasteiger partial charge is 0.343 e. The van der Waals surface area contributed by atoms with Crippen LogP contribution in [0.1, 0.15) is 53.9 Å². The maximum Gasteiger partial charge on any atom is 0.343 e. The molecule has 0 atom stereocenters. The van der Waals surface area contributed by atoms with Crippen LogP contribution in [-0.4, -0.2) is 18.9 Å². The third kappa shape index (κ3) is 4.49. The van der Waals surface area contributed by atoms with E-state index < -0.39 is 16.1 Å². The molecule has 2 aromatic rings. The van der Waals surface area contributed by atoms with Crippen LogP contribution >= 0.6 is 67.8 Å². The Morgan fingerprint density at radius 2 is 1.47 bits per heavy atom. The molecule has 4 aliphatic carbocycles. The molecule has 4 fully saturated rings. The summed E-state index contributed by atoms with van der Waals surface area (Å²) in [7, 11) is -4.64. The molecule has 0 spiro atoms. The summed E-state index contributed by atoms with van der Waals surface area (Å²) >= 11 is 6.55. The predicted octanol–water partition coefficient (Wildman–Crippen LogP) is 6.16. The minimum absolute atomic E-state index is 0.0219. The number of benzene rings is 2. The molecular formula is C23H20I3O5S-. The van der Waals surface area contributed by atoms with E-state index in [2.05, 4.69) is 67.8 Å². The molecule has 32 heavy (non-hydrogen) atoms. The SMILES string of the molecule is O=C(Oc1cc(I)c(I)cc1I)c1ccc(S(=O)(=O)[O-])c(C2C3CC4CC(C3)CC2C4)c1. The molecule has 0 unspecified atom stereocenters. The number of halogens is 3. The van der Waals surface area contributed by atoms with Gasteiger partial charge in [-0.1, -0.05) is 0 Å². The highest BCUT2D eigenvalue weighted by Crippen LogP contribution is 2.60. The number of carbonyl (C=O) groups is 1. The normalized spacial score (nSPS) is 28.7. The third-order valence-electron chi connectivity index (χ3n) is 7.28. The molecule has 0 radical (unpaired) electrons. The van der Waals surface area contributed by atoms with Crippen LogP contribution in [0, 0.1) is 34.4 Å². The van der Waals surface area contributed by atoms with E-state index in [1.54, 1.807) is 6.07 Å². The molecule has 6 rings (SSSR count). The standard InChI is InChI=1S/C23H21I3O5S/c24-17-9-19(26)20(10-18(17)25)31-23(27)13-1-2-21(32(28,29)30)16(8-13)22-14-4-11-3-12(6-14)7-15(22)5-11/h1-2,8-12,14-15,22H,3-7H2,(H,28,29,30)/p-1. The van der Waals surface area contributed by atoms with Gasteiger partial charge >= 0.3 is 5.97 Å². The van der Waals surface area contributed by atoms with Gasteiger partial charge in [-0.15, -0.1) is 0 Å². The summed E-state index contributed by atoms with van der Waals surface area (Å²) in [5, 5.41) is 0. The predicted molar refractivity (Wildman–Crippen MR) is 144 cm³/mol. The largest absolute Gasteiger partial charge is 0.744 e. The van der Waals surface area contributed by atoms with E-state index in [4.69, 9.17) is 4.74 Å². The van der Waals surface area contributed by atoms with Gasteiger partial charge in [-0.05, 0) is 165 Å². The lowest BCUT2D eigenvalue weighted by molar-refractivity contribution is -0.00373. The molecule has 4 saturated carbocycles. The highest BCUT2D eigenvalue weighted by Gasteiger charge is 2.49. The first-order valence-electron chi connectivity index (χ1n) is 10.6. The van der Waals surface area contributed by atoms with Gasteiger partial charge in [-0.25, -0.2) is 13.2 Å². The van der Waals surface area contributed by atoms with Crippen LogP contribution in [0.25, 0.3) is 0 Å². The summed E-state index contributed by atoms with van der Waals surface area (Å²) in [6.07, 6.45) is 5.63. The van der Waals surface area contributed by atoms with Crippen molar-refractivity contribution in [1.82, 2.24) is 0 Å². The lowest BCUT2D eigenvalue weighted by Gasteiger charge is -2.55. The highest BCUT2D eigenvalue weighted by atomic mass is 127. The van der Waals surface area contributed by atoms with E-state index in [0.29, 0.717) is 23.1 Å². The molecule has 2 aromatic carbocycles. The minimum Gasteiger partial charge on any atom is -0.744 e. The van der Waals surface area contributed by atoms with E-state index in [-0.39, 0.29) is 16.4 Å². The number of hydrogen-bond donors (Lipinski definition) is 0. The van der Waals surface area contributed by atoms with Crippen molar-refractivity contribution in [3.63, 3.8) is 0 Å². The minimum atomic E-state index is -4.64. The second kappa shape index (κ2) is 8.90. The third-order valence-corrected chi connectivity index (χ3v) is 11.8. The van der Waals surface area contributed by atoms with Gasteiger partial charge in [0, 0.05) is 7.14 Å². The zero-order valence-electron chi connectivity index (χ0n) is 16.9. The van der Waals surface area contributed by atoms with Crippen molar-refractivity contribution in [2.24, 2.45) is 23.7 Å². The van der Waals surface area contributed by atoms with Crippen LogP contribution < -0.4 is 4.74 Å². The Kier molecular flexibility index (Phi) is 6.60. The molecule has 4 aliphatic rings. The van der Waals surface area contributed by atoms with Crippen molar-refractivity contribution in [3.8, 4) is 5.75 Å². The van der Waals surface area contributed by atoms with Gasteiger partial charge in [0.2, 0.25) is 0 Å². The van der Waals surface area contributed by atoms with Crippen LogP contribution in [-0.2, 0) is 10.1 Å². The molecule has 0 aliphatic heterocycles. The number of ether oxygens (including phenoxy) is 1. The van der Waals surface area contributed by atoms with Crippen molar-refractivity contribution in [1.29, 1.82) is 0 Å². The Balaban J connectivity index is 1.51. The Morgan fingerprint density at radius 3 is 2.06 bits per heavy atom. The Hall–Kier alpha value is 0.01000. The summed E-state index contributed by atoms with van der Waals surface area (Å²) in [5.41, 5.74) is 0.806. The average Bonchev–Trinajstić information content (AvgIpc) is 2.70. The number of esters is 1. The quantitative estimate of drug-likeness (QED) is 0.122. The van der Waals surface area contributed by atoms with Gasteiger partial charge in [0.25, 0.3) is 0 Å². The number of rotatable bonds is 4. The van der Waals surface area contributed by atoms with E-state index >= 15 is 0 Å². The molecular weight excluding hydrogens is 769 g/mol. The van der Waals surface area contributed by atoms with Gasteiger partial charge in [0.1, 0.15) is 15.9 Å². The summed E-state index contributed by atoms with van der Waals surface area (Å²) in [6.45, 7) is 0. The fraction of sp³-hybridized carbons (Fsp3) is 0.435. The topological polar surface area (TPSA) is 83.5 Å². The fourth-order valence-corrected chi connectivity index (χ4v) is 9.14. The summed E-state index contributed by atoms with van der Waals surface area (Å²) in [5.74, 6) is 2.17. The Bertz CT molecular complexity index is 1180. The zero-order chi connectivity index (χ0) is 22.8. The van der Waals surface area contributed by atoms with Crippen molar-refractivity contribution >= 4 is 83.9 Å². The molecule has 0 heterocycles. The second-order valence-corrected chi connectivity index (χ2v) is 14.1. The van der Waals surface area contributed by atoms with Gasteiger partial charge in [0.15, 0.2) is 0 Å². The van der Waals surface area contributed by atoms with Crippen LogP contribution in [0.5, 0.6) is 5.75 Å². The average molecular weight is 789 g/mol. The molecule has 5 nitrogen and oxygen atoms in total. The first kappa shape index (κ1) is 23.7. The van der Waals surface area contributed by atoms with Crippen LogP contribution in [0.2, 0.25) is 0 Å². The summed E-state index contributed by atoms with van der Waals surface area (Å²) < 4.78 is 44.8. The van der Waals surface area contributed by atoms with Crippen molar-refractivity contribution in [2.45, 2.75) is 42.9 Å². The fourth-order valence-electron chi connectivity index (χ4n) is 6.34. The maximum atomic E-state index is 13.0. The number of carbonyl (C=O) groups excluding carboxylic acids is 1. The number of hydrogen-bond acceptors (Lipinski definition) is 5. The van der Waals surface area contributed by atoms with Crippen molar-refractivity contribution in [2.75, 3.05) is 0 Å². The van der Waals surface area contributed by atoms with Gasteiger partial charge in [-0.2, -0.15) is 0 Å². The molecule has 0 aromatic heterocycles. The van der Waals surface area contributed by atoms with Gasteiger partial charge in [0.05, 0.1) is 14.0 Å². The van der Waals surface area contributed by atoms with Crippen LogP contribution in [0.15, 0.2) is 35.2 Å². The zero-order valence-corrected chi connectivity index (χ0v) is 24.2. The highest BCUT2D eigenvalue weighted by molar-refractivity contribution is 14.1. The maximum absolute atomic E-state index is 13.0. The van der Waals surface area contributed by atoms with Gasteiger partial charge < -0.3 is 9.29 Å². The molecule has 170 valence electrons. The molecule has 0 amide bonds. The van der Waals surface area contributed by atoms with Gasteiger partial charge in [-0.3, -0.25) is 0 Å². The lowest BCUT2D eigenvalue weighted by atomic mass is 9.50. The van der Waals surface area contributed by atoms with Crippen molar-refractivity contribution < 1.29 is 22.5 Å². The second-order valence-electron chi connectivity index (χ2n) is 9.25. The lowest BCUT2D eigenvalue weighted by Crippen LogP contribution is -2.44. The first-order valence-corrected chi connectivity index (χ1v) is 15.2. The van der Waals surface area contributed by atoms with E-state index in [1.165, 1.54) is 18.6 Å². The Morgan fingerprint density at radius 1 is 0.875 bits per heavy atom. The van der Waals surface area contributed by atoms with Crippen molar-refractivity contribution in [3.05, 3.63) is 52.2 Å². The molecule has 4 bridgehead atoms. The van der Waals surface area contributed by atoms with Crippen LogP contribution in [0.3, 0.4) is 0 Å². The van der Waals surface area contributed by atoms with E-state index in [1.807, 2.05) is 12.1 Å².